The normalized spacial score (nSPS) is 14.7. The molecule has 2 rings (SSSR count). The van der Waals surface area contributed by atoms with Crippen LogP contribution in [0.25, 0.3) is 0 Å². The summed E-state index contributed by atoms with van der Waals surface area (Å²) in [5.41, 5.74) is 2.18. The van der Waals surface area contributed by atoms with Crippen LogP contribution in [0.2, 0.25) is 0 Å². The van der Waals surface area contributed by atoms with E-state index in [0.717, 1.165) is 11.1 Å². The third-order valence-electron chi connectivity index (χ3n) is 4.13. The van der Waals surface area contributed by atoms with Gasteiger partial charge < -0.3 is 18.9 Å². The largest absolute Gasteiger partial charge is 2.00 e. The van der Waals surface area contributed by atoms with E-state index in [1.54, 1.807) is 13.8 Å². The first kappa shape index (κ1) is 26.3. The Morgan fingerprint density at radius 2 is 0.963 bits per heavy atom. The van der Waals surface area contributed by atoms with Crippen LogP contribution in [0.15, 0.2) is 60.7 Å². The number of hydrogen-bond donors (Lipinski definition) is 0. The first-order valence-electron chi connectivity index (χ1n) is 8.94. The standard InChI is InChI=1S/2C10H15O2P.Fe/c2*1-2-13(11,12)9-8-10-6-4-3-5-7-10;/h2*3-7H,2,8-9H2,1H3,(H,11,12);/q;;+2/p-2. The second-order valence-electron chi connectivity index (χ2n) is 6.18. The van der Waals surface area contributed by atoms with E-state index in [1.165, 1.54) is 0 Å². The molecule has 0 amide bonds. The summed E-state index contributed by atoms with van der Waals surface area (Å²) in [7, 11) is -6.18. The summed E-state index contributed by atoms with van der Waals surface area (Å²) < 4.78 is 22.4. The van der Waals surface area contributed by atoms with Crippen molar-refractivity contribution < 1.29 is 36.0 Å². The Labute approximate surface area is 173 Å². The Kier molecular flexibility index (Phi) is 13.2. The van der Waals surface area contributed by atoms with Gasteiger partial charge in [-0.2, -0.15) is 0 Å². The van der Waals surface area contributed by atoms with E-state index >= 15 is 0 Å². The van der Waals surface area contributed by atoms with Crippen LogP contribution in [-0.2, 0) is 39.0 Å². The topological polar surface area (TPSA) is 80.3 Å². The van der Waals surface area contributed by atoms with Gasteiger partial charge in [0, 0.05) is 14.7 Å². The van der Waals surface area contributed by atoms with Gasteiger partial charge >= 0.3 is 17.1 Å². The molecule has 2 aromatic rings. The Morgan fingerprint density at radius 3 is 1.22 bits per heavy atom. The predicted molar refractivity (Wildman–Crippen MR) is 106 cm³/mol. The summed E-state index contributed by atoms with van der Waals surface area (Å²) in [5.74, 6) is 0. The molecule has 0 spiro atoms. The van der Waals surface area contributed by atoms with Gasteiger partial charge in [0.1, 0.15) is 0 Å². The molecule has 0 fully saturated rings. The molecule has 0 radical (unpaired) electrons. The third-order valence-corrected chi connectivity index (χ3v) is 7.87. The zero-order valence-corrected chi connectivity index (χ0v) is 18.8. The summed E-state index contributed by atoms with van der Waals surface area (Å²) in [6, 6.07) is 19.4. The summed E-state index contributed by atoms with van der Waals surface area (Å²) >= 11 is 0. The maximum absolute atomic E-state index is 11.2. The van der Waals surface area contributed by atoms with Gasteiger partial charge in [-0.05, 0) is 48.6 Å². The van der Waals surface area contributed by atoms with Crippen LogP contribution in [-0.4, -0.2) is 24.6 Å². The van der Waals surface area contributed by atoms with Crippen LogP contribution in [0, 0.1) is 0 Å². The average Bonchev–Trinajstić information content (AvgIpc) is 2.67. The molecule has 2 aromatic carbocycles. The predicted octanol–water partition coefficient (Wildman–Crippen LogP) is 3.77. The van der Waals surface area contributed by atoms with Gasteiger partial charge in [-0.3, -0.25) is 0 Å². The monoisotopic (exact) mass is 450 g/mol. The molecule has 0 aliphatic rings. The summed E-state index contributed by atoms with van der Waals surface area (Å²) in [4.78, 5) is 22.4. The van der Waals surface area contributed by atoms with E-state index in [9.17, 15) is 18.9 Å². The SMILES string of the molecule is CCP(=O)([O-])CCc1ccccc1.CCP(=O)([O-])CCc1ccccc1.[Fe+2]. The van der Waals surface area contributed by atoms with E-state index in [-0.39, 0.29) is 41.7 Å². The van der Waals surface area contributed by atoms with Crippen LogP contribution in [0.4, 0.5) is 0 Å². The van der Waals surface area contributed by atoms with Crippen molar-refractivity contribution in [3.8, 4) is 0 Å². The van der Waals surface area contributed by atoms with E-state index in [0.29, 0.717) is 12.8 Å². The van der Waals surface area contributed by atoms with Crippen molar-refractivity contribution in [2.75, 3.05) is 24.6 Å². The molecule has 0 aliphatic carbocycles. The zero-order chi connectivity index (χ0) is 19.5. The van der Waals surface area contributed by atoms with E-state index < -0.39 is 14.7 Å². The fourth-order valence-electron chi connectivity index (χ4n) is 2.20. The number of hydrogen-bond acceptors (Lipinski definition) is 4. The van der Waals surface area contributed by atoms with Crippen LogP contribution in [0.5, 0.6) is 0 Å². The van der Waals surface area contributed by atoms with Crippen LogP contribution < -0.4 is 9.79 Å². The summed E-state index contributed by atoms with van der Waals surface area (Å²) in [6.45, 7) is 3.39. The first-order chi connectivity index (χ1) is 12.3. The van der Waals surface area contributed by atoms with E-state index in [2.05, 4.69) is 0 Å². The fraction of sp³-hybridized carbons (Fsp3) is 0.400. The van der Waals surface area contributed by atoms with Crippen molar-refractivity contribution in [2.45, 2.75) is 26.7 Å². The van der Waals surface area contributed by atoms with Crippen LogP contribution in [0.1, 0.15) is 25.0 Å². The molecule has 7 heteroatoms. The number of benzene rings is 2. The third kappa shape index (κ3) is 12.4. The van der Waals surface area contributed by atoms with Gasteiger partial charge in [0.15, 0.2) is 0 Å². The Hall–Kier alpha value is -0.661. The smallest absolute Gasteiger partial charge is 0.799 e. The first-order valence-corrected chi connectivity index (χ1v) is 12.9. The minimum Gasteiger partial charge on any atom is -0.799 e. The quantitative estimate of drug-likeness (QED) is 0.453. The van der Waals surface area contributed by atoms with Crippen molar-refractivity contribution in [2.24, 2.45) is 0 Å². The van der Waals surface area contributed by atoms with Crippen molar-refractivity contribution in [3.05, 3.63) is 71.8 Å². The molecular formula is C20H28FeO4P2. The zero-order valence-electron chi connectivity index (χ0n) is 15.9. The molecule has 2 unspecified atom stereocenters. The Bertz CT molecular complexity index is 660. The molecule has 150 valence electrons. The van der Waals surface area contributed by atoms with Crippen LogP contribution in [0.3, 0.4) is 0 Å². The van der Waals surface area contributed by atoms with Gasteiger partial charge in [0.05, 0.1) is 0 Å². The maximum atomic E-state index is 11.2. The maximum Gasteiger partial charge on any atom is 2.00 e. The molecular weight excluding hydrogens is 422 g/mol. The fourth-order valence-corrected chi connectivity index (χ4v) is 4.03. The second kappa shape index (κ2) is 13.5. The second-order valence-corrected chi connectivity index (χ2v) is 11.6. The van der Waals surface area contributed by atoms with Gasteiger partial charge in [-0.15, -0.1) is 0 Å². The van der Waals surface area contributed by atoms with Crippen molar-refractivity contribution in [1.29, 1.82) is 0 Å². The molecule has 4 nitrogen and oxygen atoms in total. The van der Waals surface area contributed by atoms with E-state index in [1.807, 2.05) is 60.7 Å². The Balaban J connectivity index is 0.000000483. The van der Waals surface area contributed by atoms with E-state index in [4.69, 9.17) is 0 Å². The minimum absolute atomic E-state index is 0. The average molecular weight is 450 g/mol. The molecule has 0 saturated heterocycles. The van der Waals surface area contributed by atoms with Gasteiger partial charge in [0.25, 0.3) is 0 Å². The molecule has 0 heterocycles. The van der Waals surface area contributed by atoms with Crippen molar-refractivity contribution >= 4 is 14.7 Å². The van der Waals surface area contributed by atoms with Crippen molar-refractivity contribution in [3.63, 3.8) is 0 Å². The summed E-state index contributed by atoms with van der Waals surface area (Å²) in [6.07, 6.45) is 2.37. The number of rotatable bonds is 8. The molecule has 0 N–H and O–H groups in total. The van der Waals surface area contributed by atoms with Crippen LogP contribution >= 0.6 is 14.7 Å². The molecule has 0 saturated carbocycles. The molecule has 0 bridgehead atoms. The summed E-state index contributed by atoms with van der Waals surface area (Å²) in [5, 5.41) is 0. The van der Waals surface area contributed by atoms with Crippen molar-refractivity contribution in [1.82, 2.24) is 0 Å². The van der Waals surface area contributed by atoms with Gasteiger partial charge in [-0.1, -0.05) is 74.5 Å². The Morgan fingerprint density at radius 1 is 0.667 bits per heavy atom. The molecule has 0 aliphatic heterocycles. The molecule has 27 heavy (non-hydrogen) atoms. The molecule has 0 aromatic heterocycles. The van der Waals surface area contributed by atoms with Gasteiger partial charge in [-0.25, -0.2) is 0 Å². The van der Waals surface area contributed by atoms with Gasteiger partial charge in [0.2, 0.25) is 0 Å². The molecule has 2 atom stereocenters. The number of aryl methyl sites for hydroxylation is 2. The minimum atomic E-state index is -3.09.